The van der Waals surface area contributed by atoms with E-state index in [0.29, 0.717) is 0 Å². The molecule has 0 spiro atoms. The van der Waals surface area contributed by atoms with Crippen LogP contribution in [0.25, 0.3) is 0 Å². The third-order valence-corrected chi connectivity index (χ3v) is 5.70. The molecule has 2 heterocycles. The van der Waals surface area contributed by atoms with Crippen molar-refractivity contribution in [2.24, 2.45) is 0 Å². The monoisotopic (exact) mass is 343 g/mol. The summed E-state index contributed by atoms with van der Waals surface area (Å²) in [6.07, 6.45) is 3.03. The third-order valence-electron chi connectivity index (χ3n) is 3.58. The normalized spacial score (nSPS) is 16.0. The molecule has 1 aliphatic rings. The molecule has 0 bridgehead atoms. The Balaban J connectivity index is 1.94. The number of hydrogen-bond acceptors (Lipinski definition) is 4. The minimum atomic E-state index is -3.83. The summed E-state index contributed by atoms with van der Waals surface area (Å²) < 4.78 is 39.4. The van der Waals surface area contributed by atoms with Crippen molar-refractivity contribution in [3.05, 3.63) is 47.5 Å². The molecule has 1 saturated heterocycles. The number of benzene rings is 1. The Bertz CT molecular complexity index is 785. The average Bonchev–Trinajstić information content (AvgIpc) is 2.98. The molecule has 1 aromatic heterocycles. The minimum Gasteiger partial charge on any atom is -0.368 e. The Morgan fingerprint density at radius 1 is 1.18 bits per heavy atom. The summed E-state index contributed by atoms with van der Waals surface area (Å²) in [4.78, 5) is 1.99. The van der Waals surface area contributed by atoms with E-state index in [4.69, 9.17) is 11.6 Å². The second-order valence-electron chi connectivity index (χ2n) is 5.02. The second-order valence-corrected chi connectivity index (χ2v) is 7.24. The summed E-state index contributed by atoms with van der Waals surface area (Å²) in [5.74, 6) is -0.571. The van der Waals surface area contributed by atoms with Gasteiger partial charge in [-0.25, -0.2) is 16.8 Å². The highest BCUT2D eigenvalue weighted by atomic mass is 35.5. The van der Waals surface area contributed by atoms with E-state index in [1.165, 1.54) is 12.3 Å². The van der Waals surface area contributed by atoms with E-state index in [2.05, 4.69) is 10.2 Å². The fraction of sp³-hybridized carbons (Fsp3) is 0.286. The van der Waals surface area contributed by atoms with Crippen LogP contribution in [-0.2, 0) is 10.0 Å². The molecule has 0 radical (unpaired) electrons. The zero-order valence-electron chi connectivity index (χ0n) is 11.7. The Morgan fingerprint density at radius 3 is 2.59 bits per heavy atom. The number of anilines is 1. The molecule has 118 valence electrons. The maximum absolute atomic E-state index is 13.1. The lowest BCUT2D eigenvalue weighted by atomic mass is 10.3. The molecular weight excluding hydrogens is 329 g/mol. The van der Waals surface area contributed by atoms with Gasteiger partial charge < -0.3 is 10.2 Å². The van der Waals surface area contributed by atoms with Gasteiger partial charge >= 0.3 is 0 Å². The molecule has 2 aromatic rings. The van der Waals surface area contributed by atoms with Crippen LogP contribution in [0.3, 0.4) is 0 Å². The summed E-state index contributed by atoms with van der Waals surface area (Å²) in [5.41, 5.74) is 0.836. The lowest BCUT2D eigenvalue weighted by Gasteiger charge is -2.28. The highest BCUT2D eigenvalue weighted by Gasteiger charge is 2.22. The molecule has 5 nitrogen and oxygen atoms in total. The van der Waals surface area contributed by atoms with Crippen LogP contribution in [0.4, 0.5) is 10.1 Å². The molecule has 3 rings (SSSR count). The van der Waals surface area contributed by atoms with Crippen LogP contribution >= 0.6 is 11.6 Å². The van der Waals surface area contributed by atoms with Crippen LogP contribution in [0, 0.1) is 5.82 Å². The topological polar surface area (TPSA) is 54.3 Å². The first-order valence-electron chi connectivity index (χ1n) is 6.83. The fourth-order valence-electron chi connectivity index (χ4n) is 2.42. The maximum atomic E-state index is 13.1. The van der Waals surface area contributed by atoms with Crippen LogP contribution in [0.1, 0.15) is 0 Å². The fourth-order valence-corrected chi connectivity index (χ4v) is 4.12. The molecule has 22 heavy (non-hydrogen) atoms. The van der Waals surface area contributed by atoms with Gasteiger partial charge in [-0.3, -0.25) is 0 Å². The highest BCUT2D eigenvalue weighted by Crippen LogP contribution is 2.26. The number of piperazine rings is 1. The smallest absolute Gasteiger partial charge is 0.269 e. The van der Waals surface area contributed by atoms with E-state index in [1.54, 1.807) is 12.3 Å². The van der Waals surface area contributed by atoms with E-state index in [1.807, 2.05) is 0 Å². The average molecular weight is 344 g/mol. The largest absolute Gasteiger partial charge is 0.368 e. The summed E-state index contributed by atoms with van der Waals surface area (Å²) in [7, 11) is -3.83. The molecule has 0 saturated carbocycles. The molecule has 0 amide bonds. The molecule has 1 aliphatic heterocycles. The van der Waals surface area contributed by atoms with Crippen molar-refractivity contribution in [2.45, 2.75) is 4.90 Å². The summed E-state index contributed by atoms with van der Waals surface area (Å²) in [5, 5.41) is 3.11. The van der Waals surface area contributed by atoms with Gasteiger partial charge in [0, 0.05) is 38.6 Å². The van der Waals surface area contributed by atoms with Crippen molar-refractivity contribution < 1.29 is 12.8 Å². The number of aromatic nitrogens is 1. The lowest BCUT2D eigenvalue weighted by Crippen LogP contribution is -2.43. The standard InChI is InChI=1S/C14H15ClFN3O2S/c15-13-9-11(16)1-2-14(13)22(20,21)19-6-3-12(10-19)18-7-4-17-5-8-18/h1-3,6,9-10,17H,4-5,7-8H2. The molecule has 0 aliphatic carbocycles. The summed E-state index contributed by atoms with van der Waals surface area (Å²) in [6, 6.07) is 5.01. The summed E-state index contributed by atoms with van der Waals surface area (Å²) >= 11 is 5.87. The maximum Gasteiger partial charge on any atom is 0.269 e. The molecule has 0 atom stereocenters. The van der Waals surface area contributed by atoms with Crippen molar-refractivity contribution in [2.75, 3.05) is 31.1 Å². The van der Waals surface area contributed by atoms with E-state index in [0.717, 1.165) is 48.0 Å². The van der Waals surface area contributed by atoms with Crippen molar-refractivity contribution >= 4 is 27.3 Å². The summed E-state index contributed by atoms with van der Waals surface area (Å²) in [6.45, 7) is 3.37. The zero-order chi connectivity index (χ0) is 15.7. The van der Waals surface area contributed by atoms with E-state index >= 15 is 0 Å². The Labute approximate surface area is 133 Å². The van der Waals surface area contributed by atoms with Crippen LogP contribution < -0.4 is 10.2 Å². The molecule has 0 unspecified atom stereocenters. The Hall–Kier alpha value is -1.57. The lowest BCUT2D eigenvalue weighted by molar-refractivity contribution is 0.584. The second kappa shape index (κ2) is 5.91. The quantitative estimate of drug-likeness (QED) is 0.925. The SMILES string of the molecule is O=S(=O)(c1ccc(F)cc1Cl)n1ccc(N2CCNCC2)c1. The number of nitrogens with one attached hydrogen (secondary N) is 1. The van der Waals surface area contributed by atoms with Gasteiger partial charge in [-0.2, -0.15) is 0 Å². The van der Waals surface area contributed by atoms with Crippen molar-refractivity contribution in [3.8, 4) is 0 Å². The Kier molecular flexibility index (Phi) is 4.12. The van der Waals surface area contributed by atoms with Gasteiger partial charge in [-0.1, -0.05) is 11.6 Å². The van der Waals surface area contributed by atoms with Gasteiger partial charge in [0.15, 0.2) is 0 Å². The molecule has 1 N–H and O–H groups in total. The van der Waals surface area contributed by atoms with E-state index in [9.17, 15) is 12.8 Å². The van der Waals surface area contributed by atoms with E-state index < -0.39 is 15.8 Å². The zero-order valence-corrected chi connectivity index (χ0v) is 13.2. The van der Waals surface area contributed by atoms with Crippen LogP contribution in [0.15, 0.2) is 41.6 Å². The van der Waals surface area contributed by atoms with Gasteiger partial charge in [0.1, 0.15) is 10.7 Å². The predicted octanol–water partition coefficient (Wildman–Crippen LogP) is 1.93. The van der Waals surface area contributed by atoms with Crippen molar-refractivity contribution in [1.29, 1.82) is 0 Å². The molecule has 8 heteroatoms. The first-order chi connectivity index (χ1) is 10.5. The van der Waals surface area contributed by atoms with Gasteiger partial charge in [0.05, 0.1) is 10.7 Å². The molecular formula is C14H15ClFN3O2S. The van der Waals surface area contributed by atoms with Crippen molar-refractivity contribution in [1.82, 2.24) is 9.29 Å². The van der Waals surface area contributed by atoms with Gasteiger partial charge in [0.2, 0.25) is 0 Å². The third kappa shape index (κ3) is 2.84. The van der Waals surface area contributed by atoms with Gasteiger partial charge in [-0.15, -0.1) is 0 Å². The molecule has 1 fully saturated rings. The highest BCUT2D eigenvalue weighted by molar-refractivity contribution is 7.90. The van der Waals surface area contributed by atoms with E-state index in [-0.39, 0.29) is 9.92 Å². The predicted molar refractivity (Wildman–Crippen MR) is 83.5 cm³/mol. The van der Waals surface area contributed by atoms with Crippen molar-refractivity contribution in [3.63, 3.8) is 0 Å². The van der Waals surface area contributed by atoms with Crippen LogP contribution in [0.5, 0.6) is 0 Å². The number of rotatable bonds is 3. The first-order valence-corrected chi connectivity index (χ1v) is 8.64. The molecule has 1 aromatic carbocycles. The first kappa shape index (κ1) is 15.3. The number of nitrogens with zero attached hydrogens (tertiary/aromatic N) is 2. The van der Waals surface area contributed by atoms with Gasteiger partial charge in [-0.05, 0) is 24.3 Å². The van der Waals surface area contributed by atoms with Gasteiger partial charge in [0.25, 0.3) is 10.0 Å². The number of hydrogen-bond donors (Lipinski definition) is 1. The number of halogens is 2. The van der Waals surface area contributed by atoms with Crippen LogP contribution in [0.2, 0.25) is 5.02 Å². The Morgan fingerprint density at radius 2 is 1.91 bits per heavy atom. The minimum absolute atomic E-state index is 0.113. The van der Waals surface area contributed by atoms with Crippen LogP contribution in [-0.4, -0.2) is 38.6 Å².